The van der Waals surface area contributed by atoms with Crippen molar-refractivity contribution in [2.24, 2.45) is 16.2 Å². The van der Waals surface area contributed by atoms with Gasteiger partial charge in [0.2, 0.25) is 15.9 Å². The average molecular weight is 409 g/mol. The van der Waals surface area contributed by atoms with E-state index >= 15 is 0 Å². The first-order valence-corrected chi connectivity index (χ1v) is 10.6. The van der Waals surface area contributed by atoms with Gasteiger partial charge in [0.05, 0.1) is 11.1 Å². The van der Waals surface area contributed by atoms with E-state index in [2.05, 4.69) is 10.5 Å². The fourth-order valence-corrected chi connectivity index (χ4v) is 3.70. The van der Waals surface area contributed by atoms with Crippen LogP contribution in [0, 0.1) is 5.92 Å². The molecule has 1 aliphatic rings. The number of nitrogens with zero attached hydrogens (tertiary/aromatic N) is 1. The molecule has 3 aromatic rings. The molecule has 1 saturated carbocycles. The SMILES string of the molecule is NS(=O)(=O)c1ccc(-c2ccc(C=NNC(=O)[C@H]3C[C@@H]3c3ccccc3)o2)cc1. The van der Waals surface area contributed by atoms with Crippen LogP contribution in [0.5, 0.6) is 0 Å². The first kappa shape index (κ1) is 19.1. The van der Waals surface area contributed by atoms with E-state index in [1.54, 1.807) is 24.3 Å². The summed E-state index contributed by atoms with van der Waals surface area (Å²) in [6.07, 6.45) is 2.25. The maximum atomic E-state index is 12.2. The summed E-state index contributed by atoms with van der Waals surface area (Å²) < 4.78 is 28.3. The van der Waals surface area contributed by atoms with Crippen LogP contribution in [-0.2, 0) is 14.8 Å². The monoisotopic (exact) mass is 409 g/mol. The third-order valence-corrected chi connectivity index (χ3v) is 5.74. The van der Waals surface area contributed by atoms with E-state index in [0.717, 1.165) is 6.42 Å². The van der Waals surface area contributed by atoms with Gasteiger partial charge in [0, 0.05) is 11.5 Å². The molecule has 2 atom stereocenters. The molecule has 0 spiro atoms. The van der Waals surface area contributed by atoms with Gasteiger partial charge in [-0.05, 0) is 54.3 Å². The molecule has 29 heavy (non-hydrogen) atoms. The summed E-state index contributed by atoms with van der Waals surface area (Å²) in [7, 11) is -3.73. The van der Waals surface area contributed by atoms with Crippen LogP contribution >= 0.6 is 0 Å². The van der Waals surface area contributed by atoms with E-state index < -0.39 is 10.0 Å². The molecule has 1 aliphatic carbocycles. The minimum atomic E-state index is -3.73. The second kappa shape index (κ2) is 7.65. The van der Waals surface area contributed by atoms with Gasteiger partial charge in [0.25, 0.3) is 0 Å². The van der Waals surface area contributed by atoms with Gasteiger partial charge in [-0.1, -0.05) is 30.3 Å². The quantitative estimate of drug-likeness (QED) is 0.481. The highest BCUT2D eigenvalue weighted by Gasteiger charge is 2.43. The molecular weight excluding hydrogens is 390 g/mol. The topological polar surface area (TPSA) is 115 Å². The number of carbonyl (C=O) groups is 1. The van der Waals surface area contributed by atoms with Crippen LogP contribution in [-0.4, -0.2) is 20.5 Å². The number of hydrogen-bond acceptors (Lipinski definition) is 5. The molecule has 7 nitrogen and oxygen atoms in total. The number of nitrogens with two attached hydrogens (primary N) is 1. The Labute approximate surface area is 168 Å². The molecule has 4 rings (SSSR count). The van der Waals surface area contributed by atoms with Gasteiger partial charge < -0.3 is 4.42 Å². The molecule has 1 aromatic heterocycles. The molecule has 0 saturated heterocycles. The highest BCUT2D eigenvalue weighted by molar-refractivity contribution is 7.89. The summed E-state index contributed by atoms with van der Waals surface area (Å²) in [5.74, 6) is 1.10. The van der Waals surface area contributed by atoms with Crippen LogP contribution in [0.4, 0.5) is 0 Å². The molecule has 3 N–H and O–H groups in total. The first-order chi connectivity index (χ1) is 13.9. The maximum absolute atomic E-state index is 12.2. The summed E-state index contributed by atoms with van der Waals surface area (Å²) >= 11 is 0. The van der Waals surface area contributed by atoms with Gasteiger partial charge >= 0.3 is 0 Å². The standard InChI is InChI=1S/C21H19N3O4S/c22-29(26,27)17-9-6-15(7-10-17)20-11-8-16(28-20)13-23-24-21(25)19-12-18(19)14-4-2-1-3-5-14/h1-11,13,18-19H,12H2,(H,24,25)(H2,22,26,27)/t18-,19+/m1/s1. The molecule has 0 bridgehead atoms. The summed E-state index contributed by atoms with van der Waals surface area (Å²) in [6, 6.07) is 19.5. The highest BCUT2D eigenvalue weighted by atomic mass is 32.2. The fraction of sp³-hybridized carbons (Fsp3) is 0.143. The van der Waals surface area contributed by atoms with Crippen molar-refractivity contribution in [2.75, 3.05) is 0 Å². The number of primary sulfonamides is 1. The van der Waals surface area contributed by atoms with Gasteiger partial charge in [-0.2, -0.15) is 5.10 Å². The van der Waals surface area contributed by atoms with Crippen LogP contribution in [0.25, 0.3) is 11.3 Å². The maximum Gasteiger partial charge on any atom is 0.243 e. The predicted molar refractivity (Wildman–Crippen MR) is 109 cm³/mol. The molecule has 1 amide bonds. The molecule has 2 aromatic carbocycles. The summed E-state index contributed by atoms with van der Waals surface area (Å²) in [4.78, 5) is 12.2. The van der Waals surface area contributed by atoms with Crippen molar-refractivity contribution in [2.45, 2.75) is 17.2 Å². The van der Waals surface area contributed by atoms with Gasteiger partial charge in [0.1, 0.15) is 11.5 Å². The Morgan fingerprint density at radius 2 is 1.79 bits per heavy atom. The fourth-order valence-electron chi connectivity index (χ4n) is 3.18. The lowest BCUT2D eigenvalue weighted by molar-refractivity contribution is -0.122. The smallest absolute Gasteiger partial charge is 0.243 e. The van der Waals surface area contributed by atoms with Crippen molar-refractivity contribution in [1.82, 2.24) is 5.43 Å². The van der Waals surface area contributed by atoms with Crippen molar-refractivity contribution in [1.29, 1.82) is 0 Å². The number of benzene rings is 2. The first-order valence-electron chi connectivity index (χ1n) is 9.03. The van der Waals surface area contributed by atoms with Crippen LogP contribution in [0.3, 0.4) is 0 Å². The normalized spacial score (nSPS) is 18.7. The van der Waals surface area contributed by atoms with Crippen molar-refractivity contribution < 1.29 is 17.6 Å². The van der Waals surface area contributed by atoms with Crippen molar-refractivity contribution >= 4 is 22.1 Å². The minimum absolute atomic E-state index is 0.0335. The zero-order valence-electron chi connectivity index (χ0n) is 15.4. The van der Waals surface area contributed by atoms with Gasteiger partial charge in [-0.15, -0.1) is 0 Å². The Morgan fingerprint density at radius 1 is 1.07 bits per heavy atom. The number of hydrazone groups is 1. The van der Waals surface area contributed by atoms with Crippen molar-refractivity contribution in [3.05, 3.63) is 78.1 Å². The van der Waals surface area contributed by atoms with E-state index in [9.17, 15) is 13.2 Å². The molecule has 8 heteroatoms. The lowest BCUT2D eigenvalue weighted by Crippen LogP contribution is -2.20. The van der Waals surface area contributed by atoms with Gasteiger partial charge in [-0.3, -0.25) is 4.79 Å². The number of hydrogen-bond donors (Lipinski definition) is 2. The molecule has 148 valence electrons. The van der Waals surface area contributed by atoms with Crippen LogP contribution in [0.1, 0.15) is 23.7 Å². The Morgan fingerprint density at radius 3 is 2.48 bits per heavy atom. The lowest BCUT2D eigenvalue weighted by atomic mass is 10.1. The summed E-state index contributed by atoms with van der Waals surface area (Å²) in [5.41, 5.74) is 4.42. The van der Waals surface area contributed by atoms with Gasteiger partial charge in [-0.25, -0.2) is 19.0 Å². The Kier molecular flexibility index (Phi) is 5.04. The zero-order chi connectivity index (χ0) is 20.4. The van der Waals surface area contributed by atoms with E-state index in [1.807, 2.05) is 30.3 Å². The van der Waals surface area contributed by atoms with Crippen molar-refractivity contribution in [3.63, 3.8) is 0 Å². The largest absolute Gasteiger partial charge is 0.455 e. The Bertz CT molecular complexity index is 1150. The number of rotatable bonds is 6. The number of furan rings is 1. The second-order valence-corrected chi connectivity index (χ2v) is 8.43. The molecule has 1 heterocycles. The summed E-state index contributed by atoms with van der Waals surface area (Å²) in [6.45, 7) is 0. The number of nitrogens with one attached hydrogen (secondary N) is 1. The second-order valence-electron chi connectivity index (χ2n) is 6.87. The molecule has 0 aliphatic heterocycles. The third-order valence-electron chi connectivity index (χ3n) is 4.82. The number of carbonyl (C=O) groups excluding carboxylic acids is 1. The highest BCUT2D eigenvalue weighted by Crippen LogP contribution is 2.47. The van der Waals surface area contributed by atoms with E-state index in [-0.39, 0.29) is 22.6 Å². The van der Waals surface area contributed by atoms with Crippen LogP contribution in [0.15, 0.2) is 81.1 Å². The minimum Gasteiger partial charge on any atom is -0.455 e. The number of sulfonamides is 1. The molecular formula is C21H19N3O4S. The Balaban J connectivity index is 1.35. The van der Waals surface area contributed by atoms with Gasteiger partial charge in [0.15, 0.2) is 0 Å². The average Bonchev–Trinajstić information content (AvgIpc) is 3.39. The lowest BCUT2D eigenvalue weighted by Gasteiger charge is -2.00. The molecule has 0 unspecified atom stereocenters. The molecule has 1 fully saturated rings. The third kappa shape index (κ3) is 4.44. The predicted octanol–water partition coefficient (Wildman–Crippen LogP) is 2.85. The van der Waals surface area contributed by atoms with Crippen molar-refractivity contribution in [3.8, 4) is 11.3 Å². The Hall–Kier alpha value is -3.23. The summed E-state index contributed by atoms with van der Waals surface area (Å²) in [5, 5.41) is 9.06. The molecule has 0 radical (unpaired) electrons. The van der Waals surface area contributed by atoms with E-state index in [1.165, 1.54) is 23.9 Å². The van der Waals surface area contributed by atoms with E-state index in [4.69, 9.17) is 9.56 Å². The zero-order valence-corrected chi connectivity index (χ0v) is 16.2. The van der Waals surface area contributed by atoms with Crippen LogP contribution in [0.2, 0.25) is 0 Å². The number of amides is 1. The van der Waals surface area contributed by atoms with Crippen LogP contribution < -0.4 is 10.6 Å². The van der Waals surface area contributed by atoms with E-state index in [0.29, 0.717) is 17.1 Å².